The Morgan fingerprint density at radius 3 is 2.83 bits per heavy atom. The van der Waals surface area contributed by atoms with Gasteiger partial charge < -0.3 is 4.18 Å². The molecule has 0 atom stereocenters. The van der Waals surface area contributed by atoms with Crippen LogP contribution in [0.15, 0.2) is 16.8 Å². The lowest BCUT2D eigenvalue weighted by molar-refractivity contribution is 0.288. The van der Waals surface area contributed by atoms with E-state index in [-0.39, 0.29) is 12.4 Å². The molecular formula is C6H8O4S2. The van der Waals surface area contributed by atoms with Crippen LogP contribution in [-0.2, 0) is 14.6 Å². The van der Waals surface area contributed by atoms with E-state index >= 15 is 0 Å². The van der Waals surface area contributed by atoms with Crippen molar-refractivity contribution < 1.29 is 16.8 Å². The van der Waals surface area contributed by atoms with Gasteiger partial charge in [0.15, 0.2) is 5.75 Å². The summed E-state index contributed by atoms with van der Waals surface area (Å²) in [5.41, 5.74) is 0. The Morgan fingerprint density at radius 2 is 2.33 bits per heavy atom. The molecule has 1 rings (SSSR count). The summed E-state index contributed by atoms with van der Waals surface area (Å²) < 4.78 is 30.6. The molecule has 6 heteroatoms. The van der Waals surface area contributed by atoms with Crippen LogP contribution in [0.1, 0.15) is 6.92 Å². The molecule has 0 aliphatic carbocycles. The molecule has 0 aliphatic rings. The fourth-order valence-electron chi connectivity index (χ4n) is 0.586. The van der Waals surface area contributed by atoms with Crippen molar-refractivity contribution in [1.29, 1.82) is 0 Å². The second-order valence-corrected chi connectivity index (χ2v) is 3.86. The maximum Gasteiger partial charge on any atom is 0.449 e. The van der Waals surface area contributed by atoms with E-state index in [1.807, 2.05) is 0 Å². The molecule has 0 unspecified atom stereocenters. The average molecular weight is 208 g/mol. The fourth-order valence-corrected chi connectivity index (χ4v) is 1.87. The Kier molecular flexibility index (Phi) is 3.07. The third kappa shape index (κ3) is 2.80. The summed E-state index contributed by atoms with van der Waals surface area (Å²) in [4.78, 5) is 0. The zero-order valence-electron chi connectivity index (χ0n) is 6.39. The van der Waals surface area contributed by atoms with Crippen molar-refractivity contribution in [3.8, 4) is 5.75 Å². The minimum Gasteiger partial charge on any atom is -0.361 e. The van der Waals surface area contributed by atoms with Gasteiger partial charge in [-0.2, -0.15) is 8.42 Å². The monoisotopic (exact) mass is 208 g/mol. The van der Waals surface area contributed by atoms with Gasteiger partial charge in [0.2, 0.25) is 0 Å². The lowest BCUT2D eigenvalue weighted by Gasteiger charge is -2.01. The smallest absolute Gasteiger partial charge is 0.361 e. The van der Waals surface area contributed by atoms with E-state index in [1.165, 1.54) is 11.3 Å². The summed E-state index contributed by atoms with van der Waals surface area (Å²) >= 11 is 1.35. The van der Waals surface area contributed by atoms with E-state index in [1.54, 1.807) is 23.8 Å². The molecule has 0 spiro atoms. The van der Waals surface area contributed by atoms with Crippen LogP contribution in [0.3, 0.4) is 0 Å². The maximum absolute atomic E-state index is 10.9. The van der Waals surface area contributed by atoms with Crippen molar-refractivity contribution in [1.82, 2.24) is 0 Å². The van der Waals surface area contributed by atoms with Gasteiger partial charge in [0.25, 0.3) is 0 Å². The van der Waals surface area contributed by atoms with E-state index in [9.17, 15) is 8.42 Å². The summed E-state index contributed by atoms with van der Waals surface area (Å²) in [5.74, 6) is 0.286. The van der Waals surface area contributed by atoms with Gasteiger partial charge in [-0.05, 0) is 18.4 Å². The molecule has 0 fully saturated rings. The zero-order valence-corrected chi connectivity index (χ0v) is 8.02. The van der Waals surface area contributed by atoms with Crippen molar-refractivity contribution in [2.45, 2.75) is 6.92 Å². The van der Waals surface area contributed by atoms with Crippen LogP contribution in [0.4, 0.5) is 0 Å². The molecule has 1 aromatic heterocycles. The Labute approximate surface area is 75.1 Å². The van der Waals surface area contributed by atoms with Crippen LogP contribution >= 0.6 is 11.3 Å². The molecule has 1 aromatic rings. The number of rotatable bonds is 4. The van der Waals surface area contributed by atoms with Crippen LogP contribution in [0.5, 0.6) is 5.75 Å². The molecule has 0 N–H and O–H groups in total. The Bertz CT molecular complexity index is 313. The van der Waals surface area contributed by atoms with Gasteiger partial charge in [-0.15, -0.1) is 11.3 Å². The summed E-state index contributed by atoms with van der Waals surface area (Å²) in [6, 6.07) is 1.56. The fraction of sp³-hybridized carbons (Fsp3) is 0.333. The van der Waals surface area contributed by atoms with Gasteiger partial charge in [-0.1, -0.05) is 0 Å². The average Bonchev–Trinajstić information content (AvgIpc) is 2.38. The summed E-state index contributed by atoms with van der Waals surface area (Å²) in [6.07, 6.45) is 0. The summed E-state index contributed by atoms with van der Waals surface area (Å²) in [5, 5.41) is 3.30. The first-order chi connectivity index (χ1) is 5.64. The van der Waals surface area contributed by atoms with Crippen LogP contribution < -0.4 is 4.18 Å². The van der Waals surface area contributed by atoms with Crippen molar-refractivity contribution >= 4 is 21.7 Å². The molecule has 4 nitrogen and oxygen atoms in total. The highest BCUT2D eigenvalue weighted by Gasteiger charge is 2.11. The van der Waals surface area contributed by atoms with Gasteiger partial charge in [0, 0.05) is 5.38 Å². The Morgan fingerprint density at radius 1 is 1.58 bits per heavy atom. The van der Waals surface area contributed by atoms with Gasteiger partial charge >= 0.3 is 10.4 Å². The zero-order chi connectivity index (χ0) is 9.03. The molecule has 1 heterocycles. The number of thiophene rings is 1. The molecule has 68 valence electrons. The number of hydrogen-bond donors (Lipinski definition) is 0. The Balaban J connectivity index is 2.63. The highest BCUT2D eigenvalue weighted by molar-refractivity contribution is 7.82. The highest BCUT2D eigenvalue weighted by atomic mass is 32.3. The van der Waals surface area contributed by atoms with Gasteiger partial charge in [-0.3, -0.25) is 0 Å². The maximum atomic E-state index is 10.9. The van der Waals surface area contributed by atoms with Crippen LogP contribution in [0.25, 0.3) is 0 Å². The molecule has 0 radical (unpaired) electrons. The molecule has 0 amide bonds. The first-order valence-electron chi connectivity index (χ1n) is 3.25. The Hall–Kier alpha value is -0.590. The molecule has 0 saturated carbocycles. The summed E-state index contributed by atoms with van der Waals surface area (Å²) in [7, 11) is -3.85. The van der Waals surface area contributed by atoms with Gasteiger partial charge in [-0.25, -0.2) is 4.18 Å². The highest BCUT2D eigenvalue weighted by Crippen LogP contribution is 2.17. The standard InChI is InChI=1S/C6H8O4S2/c1-2-9-12(7,8)10-6-3-4-11-5-6/h3-5H,2H2,1H3. The topological polar surface area (TPSA) is 52.6 Å². The van der Waals surface area contributed by atoms with Crippen molar-refractivity contribution in [3.63, 3.8) is 0 Å². The van der Waals surface area contributed by atoms with E-state index in [0.717, 1.165) is 0 Å². The van der Waals surface area contributed by atoms with E-state index in [0.29, 0.717) is 0 Å². The van der Waals surface area contributed by atoms with Crippen molar-refractivity contribution in [2.75, 3.05) is 6.61 Å². The second-order valence-electron chi connectivity index (χ2n) is 1.86. The van der Waals surface area contributed by atoms with Crippen LogP contribution in [-0.4, -0.2) is 15.0 Å². The second kappa shape index (κ2) is 3.88. The number of hydrogen-bond acceptors (Lipinski definition) is 5. The van der Waals surface area contributed by atoms with Gasteiger partial charge in [0.05, 0.1) is 6.61 Å². The lowest BCUT2D eigenvalue weighted by atomic mass is 10.6. The first-order valence-corrected chi connectivity index (χ1v) is 5.52. The normalized spacial score (nSPS) is 11.4. The first kappa shape index (κ1) is 9.50. The quantitative estimate of drug-likeness (QED) is 0.750. The van der Waals surface area contributed by atoms with Crippen LogP contribution in [0.2, 0.25) is 0 Å². The van der Waals surface area contributed by atoms with E-state index in [2.05, 4.69) is 8.37 Å². The molecule has 0 saturated heterocycles. The van der Waals surface area contributed by atoms with E-state index in [4.69, 9.17) is 0 Å². The summed E-state index contributed by atoms with van der Waals surface area (Å²) in [6.45, 7) is 1.65. The van der Waals surface area contributed by atoms with Crippen LogP contribution in [0, 0.1) is 0 Å². The van der Waals surface area contributed by atoms with Crippen molar-refractivity contribution in [3.05, 3.63) is 16.8 Å². The lowest BCUT2D eigenvalue weighted by Crippen LogP contribution is -2.12. The van der Waals surface area contributed by atoms with Gasteiger partial charge in [0.1, 0.15) is 0 Å². The SMILES string of the molecule is CCOS(=O)(=O)Oc1ccsc1. The third-order valence-corrected chi connectivity index (χ3v) is 2.54. The van der Waals surface area contributed by atoms with Crippen molar-refractivity contribution in [2.24, 2.45) is 0 Å². The predicted octanol–water partition coefficient (Wildman–Crippen LogP) is 1.41. The molecule has 0 aliphatic heterocycles. The molecule has 12 heavy (non-hydrogen) atoms. The molecule has 0 bridgehead atoms. The minimum atomic E-state index is -3.85. The predicted molar refractivity (Wildman–Crippen MR) is 45.5 cm³/mol. The molecular weight excluding hydrogens is 200 g/mol. The third-order valence-electron chi connectivity index (χ3n) is 0.956. The van der Waals surface area contributed by atoms with E-state index < -0.39 is 10.4 Å². The largest absolute Gasteiger partial charge is 0.449 e. The minimum absolute atomic E-state index is 0.0759. The molecule has 0 aromatic carbocycles.